The number of carbonyl (C=O) groups is 2. The Morgan fingerprint density at radius 2 is 1.92 bits per heavy atom. The maximum absolute atomic E-state index is 12.7. The second-order valence-corrected chi connectivity index (χ2v) is 7.52. The van der Waals surface area contributed by atoms with E-state index in [-0.39, 0.29) is 11.8 Å². The van der Waals surface area contributed by atoms with Crippen molar-refractivity contribution >= 4 is 33.4 Å². The van der Waals surface area contributed by atoms with E-state index in [0.717, 1.165) is 15.9 Å². The molecule has 0 saturated carbocycles. The summed E-state index contributed by atoms with van der Waals surface area (Å²) < 4.78 is 3.99. The van der Waals surface area contributed by atoms with Crippen LogP contribution in [0.2, 0.25) is 0 Å². The molecule has 1 unspecified atom stereocenters. The second-order valence-electron chi connectivity index (χ2n) is 6.73. The summed E-state index contributed by atoms with van der Waals surface area (Å²) in [5, 5.41) is 14.1. The third-order valence-corrected chi connectivity index (χ3v) is 5.21. The van der Waals surface area contributed by atoms with E-state index < -0.39 is 6.04 Å². The predicted molar refractivity (Wildman–Crippen MR) is 103 cm³/mol. The molecule has 2 heterocycles. The lowest BCUT2D eigenvalue weighted by atomic mass is 10.2. The van der Waals surface area contributed by atoms with E-state index in [1.54, 1.807) is 18.7 Å². The van der Waals surface area contributed by atoms with Gasteiger partial charge in [0.05, 0.1) is 27.7 Å². The number of hydrogen-bond donors (Lipinski definition) is 2. The summed E-state index contributed by atoms with van der Waals surface area (Å²) in [7, 11) is 1.67. The zero-order valence-corrected chi connectivity index (χ0v) is 17.5. The Hall–Kier alpha value is -2.16. The highest BCUT2D eigenvalue weighted by Gasteiger charge is 2.24. The van der Waals surface area contributed by atoms with Crippen LogP contribution in [0.15, 0.2) is 10.7 Å². The number of nitrogens with zero attached hydrogens (tertiary/aromatic N) is 4. The highest BCUT2D eigenvalue weighted by Crippen LogP contribution is 2.24. The molecule has 0 aliphatic rings. The third-order valence-electron chi connectivity index (χ3n) is 4.07. The smallest absolute Gasteiger partial charge is 0.271 e. The SMILES string of the molecule is Cc1nn(C(C)C(=O)Nc2cnn(C)c2C(=O)NCC(C)C)c(C)c1Br. The van der Waals surface area contributed by atoms with Gasteiger partial charge >= 0.3 is 0 Å². The average Bonchev–Trinajstić information content (AvgIpc) is 3.06. The summed E-state index contributed by atoms with van der Waals surface area (Å²) in [4.78, 5) is 25.1. The normalized spacial score (nSPS) is 12.3. The van der Waals surface area contributed by atoms with Crippen molar-refractivity contribution in [1.82, 2.24) is 24.9 Å². The van der Waals surface area contributed by atoms with Crippen molar-refractivity contribution in [1.29, 1.82) is 0 Å². The van der Waals surface area contributed by atoms with Gasteiger partial charge in [-0.25, -0.2) is 0 Å². The van der Waals surface area contributed by atoms with Gasteiger partial charge in [-0.15, -0.1) is 0 Å². The predicted octanol–water partition coefficient (Wildman–Crippen LogP) is 2.58. The Kier molecular flexibility index (Phi) is 6.22. The van der Waals surface area contributed by atoms with Crippen molar-refractivity contribution in [3.63, 3.8) is 0 Å². The molecule has 0 aromatic carbocycles. The summed E-state index contributed by atoms with van der Waals surface area (Å²) >= 11 is 3.47. The van der Waals surface area contributed by atoms with Crippen LogP contribution in [-0.4, -0.2) is 37.9 Å². The van der Waals surface area contributed by atoms with Crippen LogP contribution in [0.3, 0.4) is 0 Å². The number of hydrogen-bond acceptors (Lipinski definition) is 4. The minimum Gasteiger partial charge on any atom is -0.350 e. The van der Waals surface area contributed by atoms with Gasteiger partial charge in [0.2, 0.25) is 5.91 Å². The number of aromatic nitrogens is 4. The van der Waals surface area contributed by atoms with Gasteiger partial charge in [0, 0.05) is 13.6 Å². The zero-order valence-electron chi connectivity index (χ0n) is 15.9. The summed E-state index contributed by atoms with van der Waals surface area (Å²) in [6.07, 6.45) is 1.48. The van der Waals surface area contributed by atoms with Crippen LogP contribution in [0.1, 0.15) is 48.7 Å². The largest absolute Gasteiger partial charge is 0.350 e. The van der Waals surface area contributed by atoms with Crippen molar-refractivity contribution in [3.05, 3.63) is 27.8 Å². The fraction of sp³-hybridized carbons (Fsp3) is 0.529. The van der Waals surface area contributed by atoms with Gasteiger partial charge in [0.25, 0.3) is 5.91 Å². The minimum atomic E-state index is -0.535. The van der Waals surface area contributed by atoms with E-state index in [9.17, 15) is 9.59 Å². The molecular weight excluding hydrogens is 400 g/mol. The number of halogens is 1. The number of aryl methyl sites for hydroxylation is 2. The van der Waals surface area contributed by atoms with E-state index in [1.165, 1.54) is 10.9 Å². The fourth-order valence-electron chi connectivity index (χ4n) is 2.55. The lowest BCUT2D eigenvalue weighted by Gasteiger charge is -2.15. The lowest BCUT2D eigenvalue weighted by molar-refractivity contribution is -0.119. The molecule has 8 nitrogen and oxygen atoms in total. The first-order valence-corrected chi connectivity index (χ1v) is 9.25. The van der Waals surface area contributed by atoms with Crippen molar-refractivity contribution in [2.45, 2.75) is 40.7 Å². The molecule has 2 amide bonds. The molecule has 2 rings (SSSR count). The van der Waals surface area contributed by atoms with Crippen LogP contribution in [-0.2, 0) is 11.8 Å². The average molecular weight is 425 g/mol. The van der Waals surface area contributed by atoms with E-state index in [0.29, 0.717) is 23.8 Å². The first kappa shape index (κ1) is 20.2. The van der Waals surface area contributed by atoms with Gasteiger partial charge in [-0.2, -0.15) is 10.2 Å². The summed E-state index contributed by atoms with van der Waals surface area (Å²) in [5.41, 5.74) is 2.38. The Balaban J connectivity index is 2.19. The molecule has 2 N–H and O–H groups in total. The molecule has 0 aliphatic carbocycles. The molecule has 1 atom stereocenters. The van der Waals surface area contributed by atoms with Crippen LogP contribution in [0.4, 0.5) is 5.69 Å². The molecule has 142 valence electrons. The molecule has 0 spiro atoms. The van der Waals surface area contributed by atoms with E-state index in [1.807, 2.05) is 27.7 Å². The van der Waals surface area contributed by atoms with E-state index in [4.69, 9.17) is 0 Å². The van der Waals surface area contributed by atoms with Gasteiger partial charge in [0.1, 0.15) is 11.7 Å². The Bertz CT molecular complexity index is 824. The molecule has 0 bridgehead atoms. The molecule has 2 aromatic heterocycles. The summed E-state index contributed by atoms with van der Waals surface area (Å²) in [6.45, 7) is 10.1. The molecule has 0 aliphatic heterocycles. The van der Waals surface area contributed by atoms with Crippen LogP contribution in [0.25, 0.3) is 0 Å². The first-order valence-electron chi connectivity index (χ1n) is 8.45. The number of anilines is 1. The highest BCUT2D eigenvalue weighted by molar-refractivity contribution is 9.10. The van der Waals surface area contributed by atoms with Crippen LogP contribution in [0.5, 0.6) is 0 Å². The van der Waals surface area contributed by atoms with Gasteiger partial charge in [-0.05, 0) is 42.6 Å². The van der Waals surface area contributed by atoms with Crippen molar-refractivity contribution in [3.8, 4) is 0 Å². The monoisotopic (exact) mass is 424 g/mol. The number of amides is 2. The molecule has 0 fully saturated rings. The molecule has 0 saturated heterocycles. The number of nitrogens with one attached hydrogen (secondary N) is 2. The van der Waals surface area contributed by atoms with Crippen LogP contribution >= 0.6 is 15.9 Å². The van der Waals surface area contributed by atoms with Crippen molar-refractivity contribution in [2.75, 3.05) is 11.9 Å². The number of rotatable bonds is 6. The molecular formula is C17H25BrN6O2. The van der Waals surface area contributed by atoms with E-state index in [2.05, 4.69) is 36.8 Å². The molecule has 9 heteroatoms. The minimum absolute atomic E-state index is 0.268. The highest BCUT2D eigenvalue weighted by atomic mass is 79.9. The van der Waals surface area contributed by atoms with Gasteiger partial charge in [-0.3, -0.25) is 19.0 Å². The maximum Gasteiger partial charge on any atom is 0.271 e. The Morgan fingerprint density at radius 1 is 1.27 bits per heavy atom. The van der Waals surface area contributed by atoms with Crippen LogP contribution < -0.4 is 10.6 Å². The van der Waals surface area contributed by atoms with Gasteiger partial charge in [-0.1, -0.05) is 13.8 Å². The first-order chi connectivity index (χ1) is 12.1. The van der Waals surface area contributed by atoms with Crippen molar-refractivity contribution in [2.24, 2.45) is 13.0 Å². The van der Waals surface area contributed by atoms with Gasteiger partial charge < -0.3 is 10.6 Å². The topological polar surface area (TPSA) is 93.8 Å². The number of carbonyl (C=O) groups excluding carboxylic acids is 2. The Labute approximate surface area is 161 Å². The second kappa shape index (κ2) is 8.03. The molecule has 26 heavy (non-hydrogen) atoms. The van der Waals surface area contributed by atoms with Gasteiger partial charge in [0.15, 0.2) is 0 Å². The molecule has 2 aromatic rings. The van der Waals surface area contributed by atoms with Crippen LogP contribution in [0, 0.1) is 19.8 Å². The van der Waals surface area contributed by atoms with Crippen molar-refractivity contribution < 1.29 is 9.59 Å². The molecule has 0 radical (unpaired) electrons. The standard InChI is InChI=1S/C17H25BrN6O2/c1-9(2)7-19-17(26)15-13(8-20-23(15)6)21-16(25)12(5)24-11(4)14(18)10(3)22-24/h8-9,12H,7H2,1-6H3,(H,19,26)(H,21,25). The third kappa shape index (κ3) is 4.14. The summed E-state index contributed by atoms with van der Waals surface area (Å²) in [5.74, 6) is -0.209. The fourth-order valence-corrected chi connectivity index (χ4v) is 2.81. The maximum atomic E-state index is 12.7. The lowest BCUT2D eigenvalue weighted by Crippen LogP contribution is -2.31. The quantitative estimate of drug-likeness (QED) is 0.744. The summed E-state index contributed by atoms with van der Waals surface area (Å²) in [6, 6.07) is -0.535. The Morgan fingerprint density at radius 3 is 2.46 bits per heavy atom. The van der Waals surface area contributed by atoms with E-state index >= 15 is 0 Å². The zero-order chi connectivity index (χ0) is 19.6.